The maximum Gasteiger partial charge on any atom is 0.251 e. The molecule has 0 saturated carbocycles. The summed E-state index contributed by atoms with van der Waals surface area (Å²) in [5.41, 5.74) is 3.69. The highest BCUT2D eigenvalue weighted by Crippen LogP contribution is 2.28. The van der Waals surface area contributed by atoms with Crippen LogP contribution in [0.2, 0.25) is 0 Å². The van der Waals surface area contributed by atoms with E-state index in [4.69, 9.17) is 0 Å². The summed E-state index contributed by atoms with van der Waals surface area (Å²) in [5.74, 6) is -0.0334. The summed E-state index contributed by atoms with van der Waals surface area (Å²) in [6.07, 6.45) is 3.91. The third-order valence-corrected chi connectivity index (χ3v) is 4.89. The van der Waals surface area contributed by atoms with E-state index in [1.807, 2.05) is 60.8 Å². The number of benzene rings is 2. The van der Waals surface area contributed by atoms with Crippen molar-refractivity contribution in [3.63, 3.8) is 0 Å². The minimum absolute atomic E-state index is 0.0330. The van der Waals surface area contributed by atoms with Gasteiger partial charge >= 0.3 is 0 Å². The van der Waals surface area contributed by atoms with E-state index in [2.05, 4.69) is 31.5 Å². The van der Waals surface area contributed by atoms with Crippen LogP contribution in [-0.2, 0) is 4.79 Å². The summed E-state index contributed by atoms with van der Waals surface area (Å²) in [4.78, 5) is 15.6. The van der Waals surface area contributed by atoms with Crippen LogP contribution in [0.4, 0.5) is 5.69 Å². The fraction of sp³-hybridized carbons (Fsp3) is 0.105. The topological polar surface area (TPSA) is 56.9 Å². The first-order chi connectivity index (χ1) is 11.7. The van der Waals surface area contributed by atoms with Crippen molar-refractivity contribution in [3.05, 3.63) is 70.8 Å². The lowest BCUT2D eigenvalue weighted by Crippen LogP contribution is -2.40. The number of hydrogen-bond acceptors (Lipinski definition) is 2. The molecule has 0 spiro atoms. The molecule has 0 bridgehead atoms. The zero-order chi connectivity index (χ0) is 16.5. The number of carbonyl (C=O) groups excluding carboxylic acids is 1. The molecule has 4 rings (SSSR count). The molecule has 0 aliphatic carbocycles. The van der Waals surface area contributed by atoms with Crippen molar-refractivity contribution in [2.75, 3.05) is 11.9 Å². The van der Waals surface area contributed by atoms with Crippen LogP contribution in [0.25, 0.3) is 16.5 Å². The van der Waals surface area contributed by atoms with E-state index in [9.17, 15) is 4.79 Å². The van der Waals surface area contributed by atoms with Crippen LogP contribution in [0.3, 0.4) is 0 Å². The Morgan fingerprint density at radius 2 is 1.96 bits per heavy atom. The molecule has 2 aromatic carbocycles. The highest BCUT2D eigenvalue weighted by molar-refractivity contribution is 9.10. The first-order valence-electron chi connectivity index (χ1n) is 7.80. The van der Waals surface area contributed by atoms with Crippen molar-refractivity contribution in [2.24, 2.45) is 0 Å². The number of H-pyrrole nitrogens is 1. The normalized spacial score (nSPS) is 17.5. The number of aromatic amines is 1. The lowest BCUT2D eigenvalue weighted by atomic mass is 9.96. The predicted octanol–water partition coefficient (Wildman–Crippen LogP) is 3.92. The molecule has 0 radical (unpaired) electrons. The molecule has 1 aliphatic rings. The van der Waals surface area contributed by atoms with Gasteiger partial charge in [0, 0.05) is 39.4 Å². The molecule has 3 N–H and O–H groups in total. The second-order valence-electron chi connectivity index (χ2n) is 5.77. The minimum Gasteiger partial charge on any atom is -0.376 e. The average Bonchev–Trinajstić information content (AvgIpc) is 3.07. The Hall–Kier alpha value is -2.53. The van der Waals surface area contributed by atoms with Crippen LogP contribution >= 0.6 is 15.9 Å². The third-order valence-electron chi connectivity index (χ3n) is 4.19. The number of fused-ring (bicyclic) bond motifs is 1. The van der Waals surface area contributed by atoms with Crippen molar-refractivity contribution < 1.29 is 4.79 Å². The van der Waals surface area contributed by atoms with Crippen molar-refractivity contribution >= 4 is 44.0 Å². The Morgan fingerprint density at radius 1 is 1.08 bits per heavy atom. The molecule has 120 valence electrons. The number of anilines is 1. The lowest BCUT2D eigenvalue weighted by Gasteiger charge is -2.24. The Morgan fingerprint density at radius 3 is 2.83 bits per heavy atom. The Bertz CT molecular complexity index is 944. The fourth-order valence-corrected chi connectivity index (χ4v) is 3.44. The quantitative estimate of drug-likeness (QED) is 0.643. The summed E-state index contributed by atoms with van der Waals surface area (Å²) >= 11 is 3.55. The van der Waals surface area contributed by atoms with Gasteiger partial charge in [0.05, 0.1) is 6.04 Å². The number of rotatable bonds is 3. The van der Waals surface area contributed by atoms with E-state index in [0.717, 1.165) is 26.6 Å². The van der Waals surface area contributed by atoms with E-state index >= 15 is 0 Å². The van der Waals surface area contributed by atoms with Crippen LogP contribution in [0.5, 0.6) is 0 Å². The number of aromatic nitrogens is 1. The van der Waals surface area contributed by atoms with Crippen molar-refractivity contribution in [1.29, 1.82) is 0 Å². The monoisotopic (exact) mass is 381 g/mol. The molecule has 1 aromatic heterocycles. The van der Waals surface area contributed by atoms with Crippen LogP contribution in [0, 0.1) is 0 Å². The van der Waals surface area contributed by atoms with Gasteiger partial charge in [-0.2, -0.15) is 0 Å². The van der Waals surface area contributed by atoms with Gasteiger partial charge < -0.3 is 15.6 Å². The zero-order valence-electron chi connectivity index (χ0n) is 12.8. The number of nitrogens with one attached hydrogen (secondary N) is 3. The molecule has 2 heterocycles. The van der Waals surface area contributed by atoms with Gasteiger partial charge in [0.15, 0.2) is 0 Å². The maximum absolute atomic E-state index is 12.4. The number of hydrogen-bond donors (Lipinski definition) is 3. The first kappa shape index (κ1) is 15.0. The standard InChI is InChI=1S/C19H16BrN3O/c20-16-5-1-2-6-18(16)23-12-10-15(19(24)22-11-12)13-4-3-7-17-14(13)8-9-21-17/h1-10,12,21,23H,11H2,(H,22,24). The second-order valence-corrected chi connectivity index (χ2v) is 6.62. The molecule has 1 unspecified atom stereocenters. The van der Waals surface area contributed by atoms with Gasteiger partial charge in [-0.3, -0.25) is 4.79 Å². The van der Waals surface area contributed by atoms with Gasteiger partial charge in [-0.05, 0) is 51.8 Å². The number of halogens is 1. The molecular formula is C19H16BrN3O. The zero-order valence-corrected chi connectivity index (χ0v) is 14.4. The smallest absolute Gasteiger partial charge is 0.251 e. The number of amides is 1. The van der Waals surface area contributed by atoms with Crippen LogP contribution < -0.4 is 10.6 Å². The van der Waals surface area contributed by atoms with Gasteiger partial charge in [0.25, 0.3) is 5.91 Å². The summed E-state index contributed by atoms with van der Waals surface area (Å²) < 4.78 is 1.00. The fourth-order valence-electron chi connectivity index (χ4n) is 3.04. The number of carbonyl (C=O) groups is 1. The van der Waals surface area contributed by atoms with E-state index < -0.39 is 0 Å². The summed E-state index contributed by atoms with van der Waals surface area (Å²) in [7, 11) is 0. The average molecular weight is 382 g/mol. The molecule has 4 nitrogen and oxygen atoms in total. The van der Waals surface area contributed by atoms with Crippen molar-refractivity contribution in [1.82, 2.24) is 10.3 Å². The Balaban J connectivity index is 1.71. The highest BCUT2D eigenvalue weighted by atomic mass is 79.9. The predicted molar refractivity (Wildman–Crippen MR) is 101 cm³/mol. The third kappa shape index (κ3) is 2.71. The highest BCUT2D eigenvalue weighted by Gasteiger charge is 2.22. The van der Waals surface area contributed by atoms with E-state index in [1.54, 1.807) is 0 Å². The molecule has 1 aliphatic heterocycles. The summed E-state index contributed by atoms with van der Waals surface area (Å²) in [5, 5.41) is 7.50. The number of para-hydroxylation sites is 1. The first-order valence-corrected chi connectivity index (χ1v) is 8.59. The van der Waals surface area contributed by atoms with Gasteiger partial charge in [-0.15, -0.1) is 0 Å². The summed E-state index contributed by atoms with van der Waals surface area (Å²) in [6, 6.07) is 16.0. The molecule has 5 heteroatoms. The van der Waals surface area contributed by atoms with Crippen LogP contribution in [0.1, 0.15) is 5.56 Å². The molecular weight excluding hydrogens is 366 g/mol. The van der Waals surface area contributed by atoms with Gasteiger partial charge in [-0.25, -0.2) is 0 Å². The van der Waals surface area contributed by atoms with Crippen LogP contribution in [0.15, 0.2) is 65.3 Å². The van der Waals surface area contributed by atoms with Crippen molar-refractivity contribution in [2.45, 2.75) is 6.04 Å². The van der Waals surface area contributed by atoms with Crippen molar-refractivity contribution in [3.8, 4) is 0 Å². The molecule has 1 amide bonds. The van der Waals surface area contributed by atoms with Gasteiger partial charge in [0.2, 0.25) is 0 Å². The largest absolute Gasteiger partial charge is 0.376 e. The van der Waals surface area contributed by atoms with Crippen LogP contribution in [-0.4, -0.2) is 23.5 Å². The second kappa shape index (κ2) is 6.17. The van der Waals surface area contributed by atoms with E-state index in [1.165, 1.54) is 0 Å². The summed E-state index contributed by atoms with van der Waals surface area (Å²) in [6.45, 7) is 0.562. The Kier molecular flexibility index (Phi) is 3.86. The molecule has 0 saturated heterocycles. The lowest BCUT2D eigenvalue weighted by molar-refractivity contribution is -0.115. The molecule has 3 aromatic rings. The molecule has 0 fully saturated rings. The molecule has 1 atom stereocenters. The minimum atomic E-state index is -0.0334. The van der Waals surface area contributed by atoms with E-state index in [-0.39, 0.29) is 11.9 Å². The Labute approximate surface area is 148 Å². The van der Waals surface area contributed by atoms with Gasteiger partial charge in [0.1, 0.15) is 0 Å². The van der Waals surface area contributed by atoms with E-state index in [0.29, 0.717) is 12.1 Å². The maximum atomic E-state index is 12.4. The molecule has 24 heavy (non-hydrogen) atoms. The SMILES string of the molecule is O=C1NCC(Nc2ccccc2Br)C=C1c1cccc2[nH]ccc12. The van der Waals surface area contributed by atoms with Gasteiger partial charge in [-0.1, -0.05) is 24.3 Å².